The quantitative estimate of drug-likeness (QED) is 0.444. The summed E-state index contributed by atoms with van der Waals surface area (Å²) >= 11 is 0. The SMILES string of the molecule is NC(=O)OCC(COC(N)=O)NC=O. The number of carbonyl (C=O) groups is 3. The van der Waals surface area contributed by atoms with Gasteiger partial charge in [0.25, 0.3) is 0 Å². The maximum atomic E-state index is 10.2. The normalized spacial score (nSPS) is 9.21. The molecular weight excluding hydrogens is 194 g/mol. The fourth-order valence-corrected chi connectivity index (χ4v) is 0.606. The summed E-state index contributed by atoms with van der Waals surface area (Å²) in [5.74, 6) is 0. The second-order valence-electron chi connectivity index (χ2n) is 2.24. The Bertz CT molecular complexity index is 202. The summed E-state index contributed by atoms with van der Waals surface area (Å²) in [7, 11) is 0. The van der Waals surface area contributed by atoms with Crippen LogP contribution in [-0.4, -0.2) is 37.9 Å². The summed E-state index contributed by atoms with van der Waals surface area (Å²) in [6, 6.07) is -0.660. The van der Waals surface area contributed by atoms with Crippen LogP contribution in [0.5, 0.6) is 0 Å². The second-order valence-corrected chi connectivity index (χ2v) is 2.24. The van der Waals surface area contributed by atoms with E-state index in [0.717, 1.165) is 0 Å². The zero-order chi connectivity index (χ0) is 11.0. The molecule has 14 heavy (non-hydrogen) atoms. The molecule has 0 saturated carbocycles. The molecular formula is C6H11N3O5. The molecule has 8 nitrogen and oxygen atoms in total. The molecule has 0 radical (unpaired) electrons. The number of carbonyl (C=O) groups excluding carboxylic acids is 3. The van der Waals surface area contributed by atoms with Gasteiger partial charge in [0.15, 0.2) is 0 Å². The van der Waals surface area contributed by atoms with E-state index in [0.29, 0.717) is 6.41 Å². The molecule has 8 heteroatoms. The van der Waals surface area contributed by atoms with Crippen LogP contribution in [0.4, 0.5) is 9.59 Å². The molecule has 0 aromatic rings. The molecule has 0 spiro atoms. The maximum absolute atomic E-state index is 10.2. The summed E-state index contributed by atoms with van der Waals surface area (Å²) in [6.07, 6.45) is -1.59. The molecule has 0 saturated heterocycles. The lowest BCUT2D eigenvalue weighted by Gasteiger charge is -2.14. The molecule has 0 rings (SSSR count). The number of hydrogen-bond donors (Lipinski definition) is 3. The maximum Gasteiger partial charge on any atom is 0.404 e. The van der Waals surface area contributed by atoms with Crippen molar-refractivity contribution in [1.29, 1.82) is 0 Å². The van der Waals surface area contributed by atoms with Crippen LogP contribution < -0.4 is 16.8 Å². The van der Waals surface area contributed by atoms with Gasteiger partial charge >= 0.3 is 12.2 Å². The van der Waals surface area contributed by atoms with Gasteiger partial charge < -0.3 is 26.3 Å². The number of primary amides is 2. The van der Waals surface area contributed by atoms with Gasteiger partial charge in [-0.3, -0.25) is 4.79 Å². The van der Waals surface area contributed by atoms with Crippen molar-refractivity contribution in [2.45, 2.75) is 6.04 Å². The van der Waals surface area contributed by atoms with Crippen LogP contribution in [0.2, 0.25) is 0 Å². The number of nitrogens with two attached hydrogens (primary N) is 2. The van der Waals surface area contributed by atoms with Gasteiger partial charge in [0.05, 0.1) is 6.04 Å². The monoisotopic (exact) mass is 205 g/mol. The van der Waals surface area contributed by atoms with Crippen molar-refractivity contribution in [2.75, 3.05) is 13.2 Å². The lowest BCUT2D eigenvalue weighted by Crippen LogP contribution is -2.39. The Morgan fingerprint density at radius 1 is 1.21 bits per heavy atom. The van der Waals surface area contributed by atoms with E-state index in [1.807, 2.05) is 0 Å². The summed E-state index contributed by atoms with van der Waals surface area (Å²) in [4.78, 5) is 30.4. The molecule has 5 N–H and O–H groups in total. The van der Waals surface area contributed by atoms with Crippen molar-refractivity contribution in [3.63, 3.8) is 0 Å². The van der Waals surface area contributed by atoms with Gasteiger partial charge in [-0.1, -0.05) is 0 Å². The third kappa shape index (κ3) is 6.70. The molecule has 0 aromatic heterocycles. The Hall–Kier alpha value is -1.99. The largest absolute Gasteiger partial charge is 0.447 e. The van der Waals surface area contributed by atoms with E-state index in [1.165, 1.54) is 0 Å². The van der Waals surface area contributed by atoms with Crippen LogP contribution in [-0.2, 0) is 14.3 Å². The molecule has 0 unspecified atom stereocenters. The highest BCUT2D eigenvalue weighted by Crippen LogP contribution is 1.87. The van der Waals surface area contributed by atoms with Crippen molar-refractivity contribution in [1.82, 2.24) is 5.32 Å². The topological polar surface area (TPSA) is 134 Å². The molecule has 0 fully saturated rings. The van der Waals surface area contributed by atoms with Crippen LogP contribution in [0.3, 0.4) is 0 Å². The van der Waals surface area contributed by atoms with Crippen molar-refractivity contribution in [3.05, 3.63) is 0 Å². The second kappa shape index (κ2) is 6.52. The molecule has 0 bridgehead atoms. The molecule has 0 aliphatic heterocycles. The zero-order valence-electron chi connectivity index (χ0n) is 7.26. The summed E-state index contributed by atoms with van der Waals surface area (Å²) in [5, 5.41) is 2.25. The van der Waals surface area contributed by atoms with Gasteiger partial charge in [0.1, 0.15) is 13.2 Å². The van der Waals surface area contributed by atoms with E-state index in [2.05, 4.69) is 26.3 Å². The van der Waals surface area contributed by atoms with E-state index >= 15 is 0 Å². The van der Waals surface area contributed by atoms with Crippen molar-refractivity contribution >= 4 is 18.6 Å². The molecule has 0 aliphatic carbocycles. The van der Waals surface area contributed by atoms with Crippen molar-refractivity contribution in [2.24, 2.45) is 11.5 Å². The standard InChI is InChI=1S/C6H11N3O5/c7-5(11)13-1-4(9-3-10)2-14-6(8)12/h3-4H,1-2H2,(H2,7,11)(H2,8,12)(H,9,10). The first-order chi connectivity index (χ1) is 6.56. The first-order valence-corrected chi connectivity index (χ1v) is 3.60. The lowest BCUT2D eigenvalue weighted by molar-refractivity contribution is -0.110. The highest BCUT2D eigenvalue weighted by molar-refractivity contribution is 5.65. The molecule has 0 aromatic carbocycles. The van der Waals surface area contributed by atoms with Crippen LogP contribution in [0, 0.1) is 0 Å². The Morgan fingerprint density at radius 3 is 1.93 bits per heavy atom. The van der Waals surface area contributed by atoms with Gasteiger partial charge in [-0.25, -0.2) is 9.59 Å². The van der Waals surface area contributed by atoms with Gasteiger partial charge in [-0.2, -0.15) is 0 Å². The summed E-state index contributed by atoms with van der Waals surface area (Å²) in [6.45, 7) is -0.386. The summed E-state index contributed by atoms with van der Waals surface area (Å²) in [5.41, 5.74) is 9.37. The Kier molecular flexibility index (Phi) is 5.59. The lowest BCUT2D eigenvalue weighted by atomic mass is 10.3. The van der Waals surface area contributed by atoms with Gasteiger partial charge in [-0.05, 0) is 0 Å². The predicted octanol–water partition coefficient (Wildman–Crippen LogP) is -1.71. The Balaban J connectivity index is 3.81. The smallest absolute Gasteiger partial charge is 0.404 e. The van der Waals surface area contributed by atoms with Crippen LogP contribution in [0.1, 0.15) is 0 Å². The molecule has 80 valence electrons. The van der Waals surface area contributed by atoms with E-state index in [1.54, 1.807) is 0 Å². The number of nitrogens with one attached hydrogen (secondary N) is 1. The van der Waals surface area contributed by atoms with Crippen molar-refractivity contribution in [3.8, 4) is 0 Å². The third-order valence-electron chi connectivity index (χ3n) is 1.16. The van der Waals surface area contributed by atoms with Gasteiger partial charge in [0.2, 0.25) is 6.41 Å². The first kappa shape index (κ1) is 12.0. The molecule has 0 atom stereocenters. The number of amides is 3. The molecule has 0 aliphatic rings. The fraction of sp³-hybridized carbons (Fsp3) is 0.500. The first-order valence-electron chi connectivity index (χ1n) is 3.60. The average Bonchev–Trinajstić information content (AvgIpc) is 2.09. The number of rotatable bonds is 6. The van der Waals surface area contributed by atoms with E-state index < -0.39 is 18.2 Å². The Labute approximate surface area is 79.5 Å². The van der Waals surface area contributed by atoms with Crippen LogP contribution >= 0.6 is 0 Å². The average molecular weight is 205 g/mol. The minimum atomic E-state index is -0.984. The Morgan fingerprint density at radius 2 is 1.64 bits per heavy atom. The molecule has 3 amide bonds. The predicted molar refractivity (Wildman–Crippen MR) is 44.1 cm³/mol. The van der Waals surface area contributed by atoms with Crippen LogP contribution in [0.15, 0.2) is 0 Å². The summed E-state index contributed by atoms with van der Waals surface area (Å²) < 4.78 is 8.75. The van der Waals surface area contributed by atoms with Crippen molar-refractivity contribution < 1.29 is 23.9 Å². The van der Waals surface area contributed by atoms with Crippen LogP contribution in [0.25, 0.3) is 0 Å². The minimum Gasteiger partial charge on any atom is -0.447 e. The highest BCUT2D eigenvalue weighted by atomic mass is 16.6. The van der Waals surface area contributed by atoms with E-state index in [9.17, 15) is 14.4 Å². The van der Waals surface area contributed by atoms with E-state index in [4.69, 9.17) is 0 Å². The third-order valence-corrected chi connectivity index (χ3v) is 1.16. The van der Waals surface area contributed by atoms with E-state index in [-0.39, 0.29) is 13.2 Å². The number of ether oxygens (including phenoxy) is 2. The highest BCUT2D eigenvalue weighted by Gasteiger charge is 2.11. The number of hydrogen-bond acceptors (Lipinski definition) is 5. The zero-order valence-corrected chi connectivity index (χ0v) is 7.26. The molecule has 0 heterocycles. The fourth-order valence-electron chi connectivity index (χ4n) is 0.606. The van der Waals surface area contributed by atoms with Gasteiger partial charge in [0, 0.05) is 0 Å². The van der Waals surface area contributed by atoms with Gasteiger partial charge in [-0.15, -0.1) is 0 Å². The minimum absolute atomic E-state index is 0.193.